The topological polar surface area (TPSA) is 69.6 Å². The van der Waals surface area contributed by atoms with Gasteiger partial charge in [0.25, 0.3) is 0 Å². The Bertz CT molecular complexity index is 1420. The summed E-state index contributed by atoms with van der Waals surface area (Å²) in [6.45, 7) is 12.8. The predicted octanol–water partition coefficient (Wildman–Crippen LogP) is 7.91. The zero-order valence-electron chi connectivity index (χ0n) is 23.8. The molecule has 0 aliphatic heterocycles. The Morgan fingerprint density at radius 3 is 2.23 bits per heavy atom. The molecule has 7 nitrogen and oxygen atoms in total. The number of methoxy groups -OCH3 is 2. The summed E-state index contributed by atoms with van der Waals surface area (Å²) in [5.74, 6) is 1.45. The van der Waals surface area contributed by atoms with E-state index in [1.54, 1.807) is 32.7 Å². The summed E-state index contributed by atoms with van der Waals surface area (Å²) >= 11 is 6.12. The van der Waals surface area contributed by atoms with E-state index in [2.05, 4.69) is 60.9 Å². The number of anilines is 2. The van der Waals surface area contributed by atoms with Crippen LogP contribution in [0, 0.1) is 0 Å². The summed E-state index contributed by atoms with van der Waals surface area (Å²) in [7, 11) is 1.49. The van der Waals surface area contributed by atoms with Crippen LogP contribution in [0.3, 0.4) is 0 Å². The summed E-state index contributed by atoms with van der Waals surface area (Å²) in [6.07, 6.45) is 4.28. The highest BCUT2D eigenvalue weighted by atomic mass is 35.5. The second-order valence-electron chi connectivity index (χ2n) is 11.0. The highest BCUT2D eigenvalue weighted by molar-refractivity contribution is 6.74. The minimum Gasteiger partial charge on any atom is -0.497 e. The molecule has 0 saturated heterocycles. The van der Waals surface area contributed by atoms with E-state index in [1.165, 1.54) is 0 Å². The van der Waals surface area contributed by atoms with Gasteiger partial charge in [0.15, 0.2) is 8.32 Å². The first kappa shape index (κ1) is 28.8. The minimum absolute atomic E-state index is 0.167. The van der Waals surface area contributed by atoms with Crippen molar-refractivity contribution in [3.05, 3.63) is 66.1 Å². The molecule has 2 aromatic heterocycles. The second kappa shape index (κ2) is 11.9. The first-order valence-corrected chi connectivity index (χ1v) is 16.3. The largest absolute Gasteiger partial charge is 0.497 e. The molecule has 0 saturated carbocycles. The van der Waals surface area contributed by atoms with Gasteiger partial charge in [0.1, 0.15) is 16.7 Å². The van der Waals surface area contributed by atoms with Crippen LogP contribution in [0.1, 0.15) is 27.2 Å². The maximum Gasteiger partial charge on any atom is 0.191 e. The maximum absolute atomic E-state index is 6.48. The molecule has 0 amide bonds. The van der Waals surface area contributed by atoms with Crippen LogP contribution in [0.5, 0.6) is 11.5 Å². The van der Waals surface area contributed by atoms with Crippen molar-refractivity contribution in [1.82, 2.24) is 15.0 Å². The average molecular weight is 565 g/mol. The predicted molar refractivity (Wildman–Crippen MR) is 162 cm³/mol. The Balaban J connectivity index is 1.69. The molecule has 0 aliphatic rings. The summed E-state index contributed by atoms with van der Waals surface area (Å²) in [5, 5.41) is 0.585. The number of ether oxygens (including phenoxy) is 2. The molecule has 0 fully saturated rings. The number of aromatic nitrogens is 3. The molecule has 4 aromatic rings. The second-order valence-corrected chi connectivity index (χ2v) is 16.2. The van der Waals surface area contributed by atoms with E-state index in [0.29, 0.717) is 11.8 Å². The van der Waals surface area contributed by atoms with Crippen LogP contribution in [-0.4, -0.2) is 50.6 Å². The van der Waals surface area contributed by atoms with Crippen LogP contribution in [-0.2, 0) is 4.43 Å². The molecule has 9 heteroatoms. The number of nitrogens with zero attached hydrogens (tertiary/aromatic N) is 4. The van der Waals surface area contributed by atoms with Crippen LogP contribution in [0.4, 0.5) is 11.4 Å². The first-order valence-electron chi connectivity index (χ1n) is 13.0. The summed E-state index contributed by atoms with van der Waals surface area (Å²) < 4.78 is 17.6. The van der Waals surface area contributed by atoms with E-state index < -0.39 is 8.32 Å². The average Bonchev–Trinajstić information content (AvgIpc) is 2.91. The molecule has 0 unspecified atom stereocenters. The van der Waals surface area contributed by atoms with Crippen molar-refractivity contribution in [3.63, 3.8) is 0 Å². The smallest absolute Gasteiger partial charge is 0.191 e. The quantitative estimate of drug-likeness (QED) is 0.110. The molecule has 4 rings (SSSR count). The van der Waals surface area contributed by atoms with Gasteiger partial charge in [-0.05, 0) is 54.9 Å². The molecule has 206 valence electrons. The van der Waals surface area contributed by atoms with Gasteiger partial charge in [0.05, 0.1) is 37.1 Å². The van der Waals surface area contributed by atoms with Crippen molar-refractivity contribution >= 4 is 42.3 Å². The van der Waals surface area contributed by atoms with E-state index in [9.17, 15) is 0 Å². The van der Waals surface area contributed by atoms with Crippen LogP contribution in [0.2, 0.25) is 23.3 Å². The van der Waals surface area contributed by atoms with Gasteiger partial charge in [-0.25, -0.2) is 9.97 Å². The fourth-order valence-electron chi connectivity index (χ4n) is 3.99. The molecule has 0 radical (unpaired) electrons. The Morgan fingerprint density at radius 2 is 1.59 bits per heavy atom. The van der Waals surface area contributed by atoms with Gasteiger partial charge >= 0.3 is 0 Å². The highest BCUT2D eigenvalue weighted by Crippen LogP contribution is 2.37. The highest BCUT2D eigenvalue weighted by Gasteiger charge is 2.36. The molecule has 39 heavy (non-hydrogen) atoms. The van der Waals surface area contributed by atoms with Gasteiger partial charge in [0.2, 0.25) is 0 Å². The summed E-state index contributed by atoms with van der Waals surface area (Å²) in [6, 6.07) is 15.7. The molecule has 2 heterocycles. The third-order valence-electron chi connectivity index (χ3n) is 7.30. The van der Waals surface area contributed by atoms with Gasteiger partial charge in [-0.1, -0.05) is 32.4 Å². The lowest BCUT2D eigenvalue weighted by atomic mass is 10.1. The Morgan fingerprint density at radius 1 is 0.872 bits per heavy atom. The molecule has 0 N–H and O–H groups in total. The lowest BCUT2D eigenvalue weighted by Gasteiger charge is -2.36. The molecular weight excluding hydrogens is 528 g/mol. The Hall–Kier alpha value is -3.20. The number of benzene rings is 2. The molecule has 0 spiro atoms. The lowest BCUT2D eigenvalue weighted by molar-refractivity contribution is 0.284. The first-order chi connectivity index (χ1) is 18.5. The summed E-state index contributed by atoms with van der Waals surface area (Å²) in [5.41, 5.74) is 5.16. The number of halogens is 1. The van der Waals surface area contributed by atoms with Crippen molar-refractivity contribution in [3.8, 4) is 22.8 Å². The van der Waals surface area contributed by atoms with E-state index in [-0.39, 0.29) is 5.04 Å². The van der Waals surface area contributed by atoms with E-state index in [4.69, 9.17) is 30.5 Å². The molecule has 0 atom stereocenters. The number of rotatable bonds is 10. The fraction of sp³-hybridized carbons (Fsp3) is 0.367. The van der Waals surface area contributed by atoms with Gasteiger partial charge in [0, 0.05) is 54.5 Å². The van der Waals surface area contributed by atoms with Crippen LogP contribution >= 0.6 is 11.6 Å². The molecule has 2 aromatic carbocycles. The summed E-state index contributed by atoms with van der Waals surface area (Å²) in [4.78, 5) is 15.9. The third kappa shape index (κ3) is 6.87. The normalized spacial score (nSPS) is 12.0. The third-order valence-corrected chi connectivity index (χ3v) is 12.0. The van der Waals surface area contributed by atoms with Gasteiger partial charge in [-0.15, -0.1) is 0 Å². The zero-order valence-corrected chi connectivity index (χ0v) is 25.5. The minimum atomic E-state index is -1.83. The SMILES string of the molecule is COc1cc(OC)cc(N(CCCO[Si](C)(C)C(C)(C)C)c2ccc3ncc(-c4ccnc(Cl)c4)nc3c2)c1. The maximum atomic E-state index is 6.48. The van der Waals surface area contributed by atoms with Crippen molar-refractivity contribution in [2.75, 3.05) is 32.3 Å². The van der Waals surface area contributed by atoms with E-state index in [1.807, 2.05) is 30.3 Å². The number of hydrogen-bond acceptors (Lipinski definition) is 7. The zero-order chi connectivity index (χ0) is 28.2. The van der Waals surface area contributed by atoms with Crippen molar-refractivity contribution in [2.45, 2.75) is 45.3 Å². The Labute approximate surface area is 237 Å². The van der Waals surface area contributed by atoms with Gasteiger partial charge in [-0.2, -0.15) is 0 Å². The van der Waals surface area contributed by atoms with Crippen molar-refractivity contribution < 1.29 is 13.9 Å². The lowest BCUT2D eigenvalue weighted by Crippen LogP contribution is -2.41. The molecular formula is C30H37ClN4O3Si. The van der Waals surface area contributed by atoms with Crippen molar-refractivity contribution in [2.24, 2.45) is 0 Å². The standard InChI is InChI=1S/C30H37ClN4O3Si/c1-30(2,3)39(6,7)38-14-8-13-35(23-16-24(36-4)19-25(17-23)37-5)22-9-10-26-27(18-22)34-28(20-33-26)21-11-12-32-29(31)15-21/h9-12,15-20H,8,13-14H2,1-7H3. The molecule has 0 aliphatic carbocycles. The fourth-order valence-corrected chi connectivity index (χ4v) is 5.25. The van der Waals surface area contributed by atoms with Gasteiger partial charge in [-0.3, -0.25) is 4.98 Å². The van der Waals surface area contributed by atoms with Crippen LogP contribution in [0.25, 0.3) is 22.3 Å². The Kier molecular flexibility index (Phi) is 8.79. The van der Waals surface area contributed by atoms with Gasteiger partial charge < -0.3 is 18.8 Å². The van der Waals surface area contributed by atoms with Crippen LogP contribution in [0.15, 0.2) is 60.9 Å². The van der Waals surface area contributed by atoms with E-state index >= 15 is 0 Å². The van der Waals surface area contributed by atoms with Crippen LogP contribution < -0.4 is 14.4 Å². The van der Waals surface area contributed by atoms with Crippen molar-refractivity contribution in [1.29, 1.82) is 0 Å². The number of fused-ring (bicyclic) bond motifs is 1. The monoisotopic (exact) mass is 564 g/mol. The van der Waals surface area contributed by atoms with E-state index in [0.717, 1.165) is 58.1 Å². The molecule has 0 bridgehead atoms. The number of pyridine rings is 1. The number of hydrogen-bond donors (Lipinski definition) is 0.